The van der Waals surface area contributed by atoms with E-state index in [4.69, 9.17) is 0 Å². The first-order chi connectivity index (χ1) is 12.2. The van der Waals surface area contributed by atoms with Crippen LogP contribution in [0.1, 0.15) is 35.8 Å². The number of carbonyl (C=O) groups is 2. The summed E-state index contributed by atoms with van der Waals surface area (Å²) in [4.78, 5) is 25.3. The predicted molar refractivity (Wildman–Crippen MR) is 84.9 cm³/mol. The summed E-state index contributed by atoms with van der Waals surface area (Å²) < 4.78 is 39.9. The molecule has 3 rings (SSSR count). The molecule has 1 N–H and O–H groups in total. The van der Waals surface area contributed by atoms with Crippen molar-refractivity contribution in [2.24, 2.45) is 0 Å². The molecule has 0 saturated heterocycles. The molecule has 1 aromatic heterocycles. The number of rotatable bonds is 5. The second kappa shape index (κ2) is 6.47. The fraction of sp³-hybridized carbons (Fsp3) is 0.353. The number of nitrogens with zero attached hydrogens (tertiary/aromatic N) is 3. The standard InChI is InChI=1S/C17H16F3N3O3/c1-10(16(25)26)22(12-5-6-12)15(24)11-3-2-4-13(9-11)23-14(7-8-21-23)17(18,19)20/h2-4,7-10,12H,5-6H2,1H3,(H,25,26). The second-order valence-electron chi connectivity index (χ2n) is 6.13. The Morgan fingerprint density at radius 3 is 2.58 bits per heavy atom. The van der Waals surface area contributed by atoms with E-state index in [0.29, 0.717) is 17.5 Å². The molecule has 26 heavy (non-hydrogen) atoms. The summed E-state index contributed by atoms with van der Waals surface area (Å²) >= 11 is 0. The fourth-order valence-corrected chi connectivity index (χ4v) is 2.77. The molecule has 1 aliphatic carbocycles. The van der Waals surface area contributed by atoms with Crippen molar-refractivity contribution in [2.45, 2.75) is 38.0 Å². The van der Waals surface area contributed by atoms with Crippen molar-refractivity contribution in [3.63, 3.8) is 0 Å². The Morgan fingerprint density at radius 1 is 1.31 bits per heavy atom. The Kier molecular flexibility index (Phi) is 4.47. The molecule has 9 heteroatoms. The minimum Gasteiger partial charge on any atom is -0.480 e. The highest BCUT2D eigenvalue weighted by molar-refractivity contribution is 5.97. The molecular formula is C17H16F3N3O3. The van der Waals surface area contributed by atoms with Gasteiger partial charge in [-0.1, -0.05) is 6.07 Å². The molecule has 1 saturated carbocycles. The van der Waals surface area contributed by atoms with E-state index in [1.54, 1.807) is 0 Å². The van der Waals surface area contributed by atoms with E-state index in [0.717, 1.165) is 12.3 Å². The van der Waals surface area contributed by atoms with Crippen molar-refractivity contribution in [3.8, 4) is 5.69 Å². The molecule has 0 radical (unpaired) electrons. The summed E-state index contributed by atoms with van der Waals surface area (Å²) in [5, 5.41) is 12.9. The van der Waals surface area contributed by atoms with Gasteiger partial charge in [0, 0.05) is 11.6 Å². The van der Waals surface area contributed by atoms with Gasteiger partial charge in [0.05, 0.1) is 11.9 Å². The number of hydrogen-bond donors (Lipinski definition) is 1. The Hall–Kier alpha value is -2.84. The molecule has 1 aliphatic rings. The van der Waals surface area contributed by atoms with Gasteiger partial charge < -0.3 is 10.0 Å². The van der Waals surface area contributed by atoms with Crippen molar-refractivity contribution in [3.05, 3.63) is 47.8 Å². The number of aromatic nitrogens is 2. The molecule has 1 atom stereocenters. The minimum atomic E-state index is -4.59. The lowest BCUT2D eigenvalue weighted by Gasteiger charge is -2.26. The van der Waals surface area contributed by atoms with Crippen molar-refractivity contribution in [1.29, 1.82) is 0 Å². The highest BCUT2D eigenvalue weighted by Crippen LogP contribution is 2.32. The normalized spacial score (nSPS) is 15.5. The average Bonchev–Trinajstić information content (AvgIpc) is 3.27. The van der Waals surface area contributed by atoms with E-state index < -0.39 is 29.8 Å². The fourth-order valence-electron chi connectivity index (χ4n) is 2.77. The summed E-state index contributed by atoms with van der Waals surface area (Å²) in [6.45, 7) is 1.41. The number of halogens is 3. The zero-order chi connectivity index (χ0) is 19.1. The van der Waals surface area contributed by atoms with Crippen LogP contribution in [0.4, 0.5) is 13.2 Å². The number of carboxylic acids is 1. The number of carboxylic acid groups (broad SMARTS) is 1. The van der Waals surface area contributed by atoms with E-state index in [1.807, 2.05) is 0 Å². The van der Waals surface area contributed by atoms with Gasteiger partial charge in [-0.2, -0.15) is 18.3 Å². The van der Waals surface area contributed by atoms with Crippen LogP contribution in [0.5, 0.6) is 0 Å². The van der Waals surface area contributed by atoms with Crippen molar-refractivity contribution in [1.82, 2.24) is 14.7 Å². The largest absolute Gasteiger partial charge is 0.480 e. The van der Waals surface area contributed by atoms with Gasteiger partial charge in [0.25, 0.3) is 5.91 Å². The lowest BCUT2D eigenvalue weighted by Crippen LogP contribution is -2.44. The van der Waals surface area contributed by atoms with Crippen LogP contribution >= 0.6 is 0 Å². The third-order valence-electron chi connectivity index (χ3n) is 4.22. The van der Waals surface area contributed by atoms with Gasteiger partial charge in [-0.3, -0.25) is 4.79 Å². The van der Waals surface area contributed by atoms with E-state index in [9.17, 15) is 27.9 Å². The van der Waals surface area contributed by atoms with Crippen molar-refractivity contribution in [2.75, 3.05) is 0 Å². The summed E-state index contributed by atoms with van der Waals surface area (Å²) in [6.07, 6.45) is -2.14. The monoisotopic (exact) mass is 367 g/mol. The third-order valence-corrected chi connectivity index (χ3v) is 4.22. The predicted octanol–water partition coefficient (Wildman–Crippen LogP) is 2.97. The number of aliphatic carboxylic acids is 1. The average molecular weight is 367 g/mol. The van der Waals surface area contributed by atoms with Crippen molar-refractivity contribution >= 4 is 11.9 Å². The highest BCUT2D eigenvalue weighted by atomic mass is 19.4. The quantitative estimate of drug-likeness (QED) is 0.882. The van der Waals surface area contributed by atoms with Crippen LogP contribution in [-0.4, -0.2) is 43.7 Å². The van der Waals surface area contributed by atoms with Gasteiger partial charge in [0.2, 0.25) is 0 Å². The second-order valence-corrected chi connectivity index (χ2v) is 6.13. The summed E-state index contributed by atoms with van der Waals surface area (Å²) in [5.41, 5.74) is -0.766. The maximum Gasteiger partial charge on any atom is 0.433 e. The molecule has 1 aromatic carbocycles. The Balaban J connectivity index is 1.96. The number of carbonyl (C=O) groups excluding carboxylic acids is 1. The van der Waals surface area contributed by atoms with E-state index in [-0.39, 0.29) is 17.3 Å². The molecule has 1 heterocycles. The molecular weight excluding hydrogens is 351 g/mol. The first-order valence-electron chi connectivity index (χ1n) is 7.97. The highest BCUT2D eigenvalue weighted by Gasteiger charge is 2.39. The van der Waals surface area contributed by atoms with E-state index in [1.165, 1.54) is 36.1 Å². The molecule has 1 fully saturated rings. The number of amides is 1. The van der Waals surface area contributed by atoms with Gasteiger partial charge >= 0.3 is 12.1 Å². The molecule has 1 unspecified atom stereocenters. The maximum absolute atomic E-state index is 13.1. The molecule has 2 aromatic rings. The van der Waals surface area contributed by atoms with Gasteiger partial charge in [-0.15, -0.1) is 0 Å². The number of benzene rings is 1. The van der Waals surface area contributed by atoms with Crippen LogP contribution in [0.2, 0.25) is 0 Å². The summed E-state index contributed by atoms with van der Waals surface area (Å²) in [5.74, 6) is -1.65. The van der Waals surface area contributed by atoms with Gasteiger partial charge in [0.1, 0.15) is 11.7 Å². The molecule has 0 spiro atoms. The summed E-state index contributed by atoms with van der Waals surface area (Å²) in [6, 6.07) is 5.25. The first kappa shape index (κ1) is 18.0. The smallest absolute Gasteiger partial charge is 0.433 e. The molecule has 0 bridgehead atoms. The number of hydrogen-bond acceptors (Lipinski definition) is 3. The lowest BCUT2D eigenvalue weighted by molar-refractivity contribution is -0.143. The molecule has 1 amide bonds. The van der Waals surface area contributed by atoms with Gasteiger partial charge in [-0.25, -0.2) is 9.48 Å². The summed E-state index contributed by atoms with van der Waals surface area (Å²) in [7, 11) is 0. The van der Waals surface area contributed by atoms with Gasteiger partial charge in [0.15, 0.2) is 0 Å². The molecule has 6 nitrogen and oxygen atoms in total. The topological polar surface area (TPSA) is 75.4 Å². The first-order valence-corrected chi connectivity index (χ1v) is 7.97. The van der Waals surface area contributed by atoms with Crippen LogP contribution in [-0.2, 0) is 11.0 Å². The SMILES string of the molecule is CC(C(=O)O)N(C(=O)c1cccc(-n2nccc2C(F)(F)F)c1)C1CC1. The van der Waals surface area contributed by atoms with Crippen molar-refractivity contribution < 1.29 is 27.9 Å². The van der Waals surface area contributed by atoms with Crippen LogP contribution in [0.3, 0.4) is 0 Å². The maximum atomic E-state index is 13.1. The van der Waals surface area contributed by atoms with Crippen LogP contribution in [0.15, 0.2) is 36.5 Å². The molecule has 0 aliphatic heterocycles. The van der Waals surface area contributed by atoms with Gasteiger partial charge in [-0.05, 0) is 44.0 Å². The Bertz CT molecular complexity index is 843. The third kappa shape index (κ3) is 3.42. The number of alkyl halides is 3. The van der Waals surface area contributed by atoms with Crippen LogP contribution in [0.25, 0.3) is 5.69 Å². The Morgan fingerprint density at radius 2 is 2.00 bits per heavy atom. The zero-order valence-electron chi connectivity index (χ0n) is 13.8. The van der Waals surface area contributed by atoms with E-state index >= 15 is 0 Å². The zero-order valence-corrected chi connectivity index (χ0v) is 13.8. The van der Waals surface area contributed by atoms with Crippen LogP contribution in [0, 0.1) is 0 Å². The minimum absolute atomic E-state index is 0.0758. The Labute approximate surface area is 146 Å². The lowest BCUT2D eigenvalue weighted by atomic mass is 10.1. The van der Waals surface area contributed by atoms with Crippen LogP contribution < -0.4 is 0 Å². The van der Waals surface area contributed by atoms with E-state index in [2.05, 4.69) is 5.10 Å². The molecule has 138 valence electrons.